The van der Waals surface area contributed by atoms with Gasteiger partial charge in [-0.25, -0.2) is 4.39 Å². The Balaban J connectivity index is 1.81. The maximum atomic E-state index is 13.9. The lowest BCUT2D eigenvalue weighted by Crippen LogP contribution is -2.51. The number of nitrogens with one attached hydrogen (secondary N) is 1. The van der Waals surface area contributed by atoms with Gasteiger partial charge in [0.05, 0.1) is 12.1 Å². The fourth-order valence-electron chi connectivity index (χ4n) is 2.61. The highest BCUT2D eigenvalue weighted by Gasteiger charge is 2.24. The van der Waals surface area contributed by atoms with Gasteiger partial charge < -0.3 is 10.2 Å². The average Bonchev–Trinajstić information content (AvgIpc) is 2.55. The van der Waals surface area contributed by atoms with Crippen molar-refractivity contribution in [2.75, 3.05) is 39.3 Å². The monoisotopic (exact) mass is 355 g/mol. The second-order valence-electron chi connectivity index (χ2n) is 5.90. The van der Waals surface area contributed by atoms with E-state index < -0.39 is 5.82 Å². The topological polar surface area (TPSA) is 52.7 Å². The van der Waals surface area contributed by atoms with E-state index in [1.165, 1.54) is 12.1 Å². The van der Waals surface area contributed by atoms with E-state index in [1.807, 2.05) is 4.90 Å². The van der Waals surface area contributed by atoms with Gasteiger partial charge in [0, 0.05) is 37.7 Å². The van der Waals surface area contributed by atoms with Crippen LogP contribution < -0.4 is 5.32 Å². The van der Waals surface area contributed by atoms with Crippen molar-refractivity contribution >= 4 is 23.4 Å². The standard InChI is InChI=1S/C17H23ClFN3O2/c1-2-3-6-20-16(23)12-21-7-9-22(10-8-21)17(24)14-5-4-13(18)11-15(14)19/h4-5,11H,2-3,6-10,12H2,1H3,(H,20,23). The average molecular weight is 356 g/mol. The third-order valence-electron chi connectivity index (χ3n) is 4.04. The highest BCUT2D eigenvalue weighted by atomic mass is 35.5. The van der Waals surface area contributed by atoms with Crippen molar-refractivity contribution in [1.82, 2.24) is 15.1 Å². The predicted molar refractivity (Wildman–Crippen MR) is 91.7 cm³/mol. The van der Waals surface area contributed by atoms with Crippen LogP contribution in [0.4, 0.5) is 4.39 Å². The fraction of sp³-hybridized carbons (Fsp3) is 0.529. The number of benzene rings is 1. The first-order valence-corrected chi connectivity index (χ1v) is 8.62. The Morgan fingerprint density at radius 3 is 2.58 bits per heavy atom. The molecule has 0 saturated carbocycles. The van der Waals surface area contributed by atoms with Crippen LogP contribution in [0.5, 0.6) is 0 Å². The second-order valence-corrected chi connectivity index (χ2v) is 6.33. The molecule has 1 aliphatic rings. The molecule has 2 amide bonds. The summed E-state index contributed by atoms with van der Waals surface area (Å²) >= 11 is 5.71. The molecule has 1 fully saturated rings. The predicted octanol–water partition coefficient (Wildman–Crippen LogP) is 2.15. The van der Waals surface area contributed by atoms with Crippen molar-refractivity contribution in [2.45, 2.75) is 19.8 Å². The highest BCUT2D eigenvalue weighted by molar-refractivity contribution is 6.30. The zero-order valence-corrected chi connectivity index (χ0v) is 14.6. The minimum atomic E-state index is -0.606. The number of hydrogen-bond acceptors (Lipinski definition) is 3. The minimum absolute atomic E-state index is 0.00646. The van der Waals surface area contributed by atoms with Crippen LogP contribution in [0, 0.1) is 5.82 Å². The molecule has 0 radical (unpaired) electrons. The van der Waals surface area contributed by atoms with Gasteiger partial charge in [-0.15, -0.1) is 0 Å². The molecular weight excluding hydrogens is 333 g/mol. The summed E-state index contributed by atoms with van der Waals surface area (Å²) in [5, 5.41) is 3.15. The van der Waals surface area contributed by atoms with Crippen LogP contribution in [0.2, 0.25) is 5.02 Å². The first-order chi connectivity index (χ1) is 11.5. The summed E-state index contributed by atoms with van der Waals surface area (Å²) in [6, 6.07) is 4.06. The van der Waals surface area contributed by atoms with E-state index in [-0.39, 0.29) is 22.4 Å². The molecule has 1 heterocycles. The largest absolute Gasteiger partial charge is 0.355 e. The number of rotatable bonds is 6. The number of unbranched alkanes of at least 4 members (excludes halogenated alkanes) is 1. The quantitative estimate of drug-likeness (QED) is 0.795. The van der Waals surface area contributed by atoms with Gasteiger partial charge >= 0.3 is 0 Å². The second kappa shape index (κ2) is 8.99. The number of carbonyl (C=O) groups excluding carboxylic acids is 2. The Morgan fingerprint density at radius 1 is 1.25 bits per heavy atom. The van der Waals surface area contributed by atoms with Gasteiger partial charge in [-0.1, -0.05) is 24.9 Å². The Kier molecular flexibility index (Phi) is 6.99. The zero-order valence-electron chi connectivity index (χ0n) is 13.9. The molecule has 24 heavy (non-hydrogen) atoms. The van der Waals surface area contributed by atoms with E-state index >= 15 is 0 Å². The summed E-state index contributed by atoms with van der Waals surface area (Å²) in [6.07, 6.45) is 2.02. The first kappa shape index (κ1) is 18.7. The molecule has 1 aliphatic heterocycles. The lowest BCUT2D eigenvalue weighted by molar-refractivity contribution is -0.122. The number of hydrogen-bond donors (Lipinski definition) is 1. The van der Waals surface area contributed by atoms with E-state index in [4.69, 9.17) is 11.6 Å². The number of amides is 2. The summed E-state index contributed by atoms with van der Waals surface area (Å²) in [4.78, 5) is 27.8. The van der Waals surface area contributed by atoms with Gasteiger partial charge in [-0.3, -0.25) is 14.5 Å². The molecule has 0 aromatic heterocycles. The summed E-state index contributed by atoms with van der Waals surface area (Å²) < 4.78 is 13.9. The van der Waals surface area contributed by atoms with Gasteiger partial charge in [0.2, 0.25) is 5.91 Å². The molecule has 1 N–H and O–H groups in total. The van der Waals surface area contributed by atoms with Crippen LogP contribution in [0.3, 0.4) is 0 Å². The van der Waals surface area contributed by atoms with Gasteiger partial charge in [0.15, 0.2) is 0 Å². The Morgan fingerprint density at radius 2 is 1.96 bits per heavy atom. The van der Waals surface area contributed by atoms with Crippen LogP contribution in [0.1, 0.15) is 30.1 Å². The minimum Gasteiger partial charge on any atom is -0.355 e. The van der Waals surface area contributed by atoms with Crippen molar-refractivity contribution in [3.63, 3.8) is 0 Å². The van der Waals surface area contributed by atoms with Crippen LogP contribution in [-0.4, -0.2) is 60.9 Å². The number of halogens is 2. The van der Waals surface area contributed by atoms with E-state index in [0.29, 0.717) is 39.3 Å². The summed E-state index contributed by atoms with van der Waals surface area (Å²) in [5.74, 6) is -0.937. The normalized spacial score (nSPS) is 15.4. The van der Waals surface area contributed by atoms with Gasteiger partial charge in [-0.05, 0) is 24.6 Å². The van der Waals surface area contributed by atoms with Crippen LogP contribution in [0.25, 0.3) is 0 Å². The first-order valence-electron chi connectivity index (χ1n) is 8.24. The van der Waals surface area contributed by atoms with Crippen molar-refractivity contribution in [1.29, 1.82) is 0 Å². The van der Waals surface area contributed by atoms with E-state index in [2.05, 4.69) is 12.2 Å². The Bertz CT molecular complexity index is 589. The molecule has 2 rings (SSSR count). The summed E-state index contributed by atoms with van der Waals surface area (Å²) in [6.45, 7) is 5.26. The summed E-state index contributed by atoms with van der Waals surface area (Å²) in [7, 11) is 0. The summed E-state index contributed by atoms with van der Waals surface area (Å²) in [5.41, 5.74) is 0.0326. The molecule has 1 saturated heterocycles. The third kappa shape index (κ3) is 5.18. The van der Waals surface area contributed by atoms with E-state index in [9.17, 15) is 14.0 Å². The molecule has 1 aromatic carbocycles. The molecular formula is C17H23ClFN3O2. The maximum Gasteiger partial charge on any atom is 0.256 e. The SMILES string of the molecule is CCCCNC(=O)CN1CCN(C(=O)c2ccc(Cl)cc2F)CC1. The van der Waals surface area contributed by atoms with Crippen LogP contribution >= 0.6 is 11.6 Å². The molecule has 0 bridgehead atoms. The lowest BCUT2D eigenvalue weighted by atomic mass is 10.1. The van der Waals surface area contributed by atoms with E-state index in [0.717, 1.165) is 18.9 Å². The lowest BCUT2D eigenvalue weighted by Gasteiger charge is -2.34. The number of carbonyl (C=O) groups is 2. The Hall–Kier alpha value is -1.66. The molecule has 5 nitrogen and oxygen atoms in total. The van der Waals surface area contributed by atoms with Crippen LogP contribution in [-0.2, 0) is 4.79 Å². The van der Waals surface area contributed by atoms with Crippen molar-refractivity contribution in [3.05, 3.63) is 34.6 Å². The molecule has 0 spiro atoms. The fourth-order valence-corrected chi connectivity index (χ4v) is 2.76. The van der Waals surface area contributed by atoms with Crippen LogP contribution in [0.15, 0.2) is 18.2 Å². The highest BCUT2D eigenvalue weighted by Crippen LogP contribution is 2.17. The van der Waals surface area contributed by atoms with Gasteiger partial charge in [-0.2, -0.15) is 0 Å². The molecule has 0 unspecified atom stereocenters. The van der Waals surface area contributed by atoms with Gasteiger partial charge in [0.1, 0.15) is 5.82 Å². The van der Waals surface area contributed by atoms with E-state index in [1.54, 1.807) is 4.90 Å². The molecule has 1 aromatic rings. The number of nitrogens with zero attached hydrogens (tertiary/aromatic N) is 2. The van der Waals surface area contributed by atoms with Crippen molar-refractivity contribution in [3.8, 4) is 0 Å². The Labute approximate surface area is 146 Å². The third-order valence-corrected chi connectivity index (χ3v) is 4.28. The molecule has 132 valence electrons. The zero-order chi connectivity index (χ0) is 17.5. The smallest absolute Gasteiger partial charge is 0.256 e. The maximum absolute atomic E-state index is 13.9. The molecule has 7 heteroatoms. The van der Waals surface area contributed by atoms with Crippen molar-refractivity contribution in [2.24, 2.45) is 0 Å². The van der Waals surface area contributed by atoms with Crippen molar-refractivity contribution < 1.29 is 14.0 Å². The number of piperazine rings is 1. The molecule has 0 atom stereocenters. The van der Waals surface area contributed by atoms with Gasteiger partial charge in [0.25, 0.3) is 5.91 Å². The molecule has 0 aliphatic carbocycles.